The Hall–Kier alpha value is -1.89. The minimum Gasteiger partial charge on any atom is -0.464 e. The molecule has 0 aliphatic rings. The molecule has 0 heterocycles. The van der Waals surface area contributed by atoms with E-state index < -0.39 is 23.4 Å². The van der Waals surface area contributed by atoms with Crippen LogP contribution >= 0.6 is 15.9 Å². The van der Waals surface area contributed by atoms with Crippen molar-refractivity contribution >= 4 is 33.8 Å². The van der Waals surface area contributed by atoms with E-state index in [0.717, 1.165) is 35.7 Å². The molecule has 0 aliphatic carbocycles. The standard InChI is InChI=1S/C20H28BrNO5/c1-4-26-18(24)20(22-15(3)23,19(25)27-5-2)14-17-11-8-10-16(13-17)9-6-7-12-21/h8,10-11,13H,4-7,9,12,14H2,1-3H3,(H,22,23). The van der Waals surface area contributed by atoms with Crippen molar-refractivity contribution in [1.82, 2.24) is 5.32 Å². The van der Waals surface area contributed by atoms with Gasteiger partial charge in [-0.25, -0.2) is 9.59 Å². The molecular weight excluding hydrogens is 414 g/mol. The van der Waals surface area contributed by atoms with Gasteiger partial charge in [0.1, 0.15) is 0 Å². The molecule has 1 rings (SSSR count). The Morgan fingerprint density at radius 2 is 1.63 bits per heavy atom. The zero-order valence-corrected chi connectivity index (χ0v) is 17.8. The normalized spacial score (nSPS) is 11.0. The SMILES string of the molecule is CCOC(=O)C(Cc1cccc(CCCCBr)c1)(NC(C)=O)C(=O)OCC. The van der Waals surface area contributed by atoms with E-state index in [9.17, 15) is 14.4 Å². The number of ether oxygens (including phenoxy) is 2. The van der Waals surface area contributed by atoms with E-state index in [2.05, 4.69) is 21.2 Å². The van der Waals surface area contributed by atoms with Crippen LogP contribution in [0.2, 0.25) is 0 Å². The summed E-state index contributed by atoms with van der Waals surface area (Å²) in [6, 6.07) is 7.66. The van der Waals surface area contributed by atoms with E-state index in [1.807, 2.05) is 24.3 Å². The average Bonchev–Trinajstić information content (AvgIpc) is 2.61. The van der Waals surface area contributed by atoms with E-state index in [0.29, 0.717) is 0 Å². The number of amides is 1. The summed E-state index contributed by atoms with van der Waals surface area (Å²) in [5, 5.41) is 3.44. The lowest BCUT2D eigenvalue weighted by molar-refractivity contribution is -0.168. The maximum Gasteiger partial charge on any atom is 0.344 e. The lowest BCUT2D eigenvalue weighted by Gasteiger charge is -2.30. The molecule has 0 radical (unpaired) electrons. The van der Waals surface area contributed by atoms with Gasteiger partial charge in [0, 0.05) is 18.7 Å². The van der Waals surface area contributed by atoms with Crippen LogP contribution in [0.25, 0.3) is 0 Å². The van der Waals surface area contributed by atoms with Gasteiger partial charge in [0.2, 0.25) is 11.4 Å². The van der Waals surface area contributed by atoms with Gasteiger partial charge in [-0.05, 0) is 44.2 Å². The molecule has 150 valence electrons. The van der Waals surface area contributed by atoms with Crippen molar-refractivity contribution in [2.45, 2.75) is 52.0 Å². The van der Waals surface area contributed by atoms with Crippen LogP contribution in [0.4, 0.5) is 0 Å². The highest BCUT2D eigenvalue weighted by Gasteiger charge is 2.50. The molecule has 1 amide bonds. The molecule has 0 unspecified atom stereocenters. The van der Waals surface area contributed by atoms with Crippen LogP contribution in [0.3, 0.4) is 0 Å². The van der Waals surface area contributed by atoms with E-state index in [-0.39, 0.29) is 19.6 Å². The number of nitrogens with one attached hydrogen (secondary N) is 1. The van der Waals surface area contributed by atoms with Gasteiger partial charge in [0.25, 0.3) is 0 Å². The number of carbonyl (C=O) groups excluding carboxylic acids is 3. The lowest BCUT2D eigenvalue weighted by Crippen LogP contribution is -2.62. The molecule has 7 heteroatoms. The van der Waals surface area contributed by atoms with Crippen LogP contribution in [0.1, 0.15) is 44.7 Å². The van der Waals surface area contributed by atoms with Crippen molar-refractivity contribution in [3.05, 3.63) is 35.4 Å². The van der Waals surface area contributed by atoms with Crippen molar-refractivity contribution in [1.29, 1.82) is 0 Å². The number of alkyl halides is 1. The number of halogens is 1. The number of carbonyl (C=O) groups is 3. The van der Waals surface area contributed by atoms with Crippen LogP contribution in [0.5, 0.6) is 0 Å². The summed E-state index contributed by atoms with van der Waals surface area (Å²) >= 11 is 3.42. The first-order valence-corrected chi connectivity index (χ1v) is 10.3. The second-order valence-corrected chi connectivity index (χ2v) is 6.96. The van der Waals surface area contributed by atoms with Gasteiger partial charge in [-0.2, -0.15) is 0 Å². The van der Waals surface area contributed by atoms with Crippen molar-refractivity contribution in [2.24, 2.45) is 0 Å². The summed E-state index contributed by atoms with van der Waals surface area (Å²) < 4.78 is 10.2. The molecular formula is C20H28BrNO5. The summed E-state index contributed by atoms with van der Waals surface area (Å²) in [6.45, 7) is 4.72. The number of unbranched alkanes of at least 4 members (excludes halogenated alkanes) is 1. The van der Waals surface area contributed by atoms with E-state index in [1.165, 1.54) is 6.92 Å². The van der Waals surface area contributed by atoms with Crippen LogP contribution < -0.4 is 5.32 Å². The summed E-state index contributed by atoms with van der Waals surface area (Å²) in [5.74, 6) is -2.14. The largest absolute Gasteiger partial charge is 0.464 e. The zero-order chi connectivity index (χ0) is 20.3. The Morgan fingerprint density at radius 3 is 2.15 bits per heavy atom. The predicted molar refractivity (Wildman–Crippen MR) is 107 cm³/mol. The van der Waals surface area contributed by atoms with Crippen LogP contribution in [0, 0.1) is 0 Å². The first kappa shape index (κ1) is 23.1. The molecule has 0 aromatic heterocycles. The Bertz CT molecular complexity index is 629. The Balaban J connectivity index is 3.21. The topological polar surface area (TPSA) is 81.7 Å². The first-order chi connectivity index (χ1) is 12.9. The smallest absolute Gasteiger partial charge is 0.344 e. The zero-order valence-electron chi connectivity index (χ0n) is 16.2. The first-order valence-electron chi connectivity index (χ1n) is 9.16. The molecule has 27 heavy (non-hydrogen) atoms. The number of benzene rings is 1. The molecule has 0 atom stereocenters. The van der Waals surface area contributed by atoms with Crippen molar-refractivity contribution in [3.8, 4) is 0 Å². The monoisotopic (exact) mass is 441 g/mol. The second-order valence-electron chi connectivity index (χ2n) is 6.17. The molecule has 0 spiro atoms. The van der Waals surface area contributed by atoms with E-state index in [4.69, 9.17) is 9.47 Å². The number of esters is 2. The fourth-order valence-electron chi connectivity index (χ4n) is 2.81. The number of hydrogen-bond acceptors (Lipinski definition) is 5. The van der Waals surface area contributed by atoms with Crippen molar-refractivity contribution in [3.63, 3.8) is 0 Å². The summed E-state index contributed by atoms with van der Waals surface area (Å²) in [4.78, 5) is 37.1. The van der Waals surface area contributed by atoms with Gasteiger partial charge >= 0.3 is 11.9 Å². The number of aryl methyl sites for hydroxylation is 1. The van der Waals surface area contributed by atoms with Gasteiger partial charge in [-0.1, -0.05) is 40.2 Å². The quantitative estimate of drug-likeness (QED) is 0.247. The summed E-state index contributed by atoms with van der Waals surface area (Å²) in [7, 11) is 0. The van der Waals surface area contributed by atoms with Gasteiger partial charge < -0.3 is 14.8 Å². The molecule has 0 fully saturated rings. The maximum absolute atomic E-state index is 12.7. The van der Waals surface area contributed by atoms with E-state index >= 15 is 0 Å². The fourth-order valence-corrected chi connectivity index (χ4v) is 3.20. The van der Waals surface area contributed by atoms with Gasteiger partial charge in [-0.15, -0.1) is 0 Å². The highest BCUT2D eigenvalue weighted by Crippen LogP contribution is 2.20. The van der Waals surface area contributed by atoms with E-state index in [1.54, 1.807) is 13.8 Å². The fraction of sp³-hybridized carbons (Fsp3) is 0.550. The van der Waals surface area contributed by atoms with Crippen LogP contribution in [0.15, 0.2) is 24.3 Å². The van der Waals surface area contributed by atoms with Crippen molar-refractivity contribution < 1.29 is 23.9 Å². The average molecular weight is 442 g/mol. The molecule has 1 aromatic rings. The number of hydrogen-bond donors (Lipinski definition) is 1. The second kappa shape index (κ2) is 11.7. The highest BCUT2D eigenvalue weighted by molar-refractivity contribution is 9.09. The van der Waals surface area contributed by atoms with Crippen molar-refractivity contribution in [2.75, 3.05) is 18.5 Å². The molecule has 0 saturated heterocycles. The Labute approximate surface area is 169 Å². The number of rotatable bonds is 11. The molecule has 1 N–H and O–H groups in total. The summed E-state index contributed by atoms with van der Waals surface area (Å²) in [5.41, 5.74) is -0.0362. The van der Waals surface area contributed by atoms with Gasteiger partial charge in [0.15, 0.2) is 0 Å². The Morgan fingerprint density at radius 1 is 1.04 bits per heavy atom. The maximum atomic E-state index is 12.7. The third kappa shape index (κ3) is 6.97. The predicted octanol–water partition coefficient (Wildman–Crippen LogP) is 2.95. The van der Waals surface area contributed by atoms with Crippen LogP contribution in [-0.4, -0.2) is 41.9 Å². The minimum absolute atomic E-state index is 0.0312. The third-order valence-corrected chi connectivity index (χ3v) is 4.51. The van der Waals surface area contributed by atoms with Crippen LogP contribution in [-0.2, 0) is 36.7 Å². The highest BCUT2D eigenvalue weighted by atomic mass is 79.9. The van der Waals surface area contributed by atoms with Gasteiger partial charge in [0.05, 0.1) is 13.2 Å². The minimum atomic E-state index is -1.90. The summed E-state index contributed by atoms with van der Waals surface area (Å²) in [6.07, 6.45) is 2.95. The molecule has 0 aliphatic heterocycles. The molecule has 0 saturated carbocycles. The molecule has 6 nitrogen and oxygen atoms in total. The molecule has 1 aromatic carbocycles. The van der Waals surface area contributed by atoms with Gasteiger partial charge in [-0.3, -0.25) is 4.79 Å². The molecule has 0 bridgehead atoms. The lowest BCUT2D eigenvalue weighted by atomic mass is 9.89. The Kier molecular flexibility index (Phi) is 10.1. The third-order valence-electron chi connectivity index (χ3n) is 3.95.